The standard InChI is InChI=1S/C14H29N3O2.HI/c1-4-15-14(17-12(2)3)16-8-6-9-18-11-13-7-5-10-19-13;/h12-13H,4-11H2,1-3H3,(H2,15,16,17);1H. The highest BCUT2D eigenvalue weighted by atomic mass is 127. The molecule has 0 aromatic heterocycles. The van der Waals surface area contributed by atoms with Crippen molar-refractivity contribution in [3.63, 3.8) is 0 Å². The summed E-state index contributed by atoms with van der Waals surface area (Å²) in [7, 11) is 0. The van der Waals surface area contributed by atoms with Gasteiger partial charge in [-0.15, -0.1) is 24.0 Å². The van der Waals surface area contributed by atoms with E-state index in [9.17, 15) is 0 Å². The van der Waals surface area contributed by atoms with Crippen LogP contribution in [0.4, 0.5) is 0 Å². The second kappa shape index (κ2) is 12.6. The molecular weight excluding hydrogens is 369 g/mol. The first-order chi connectivity index (χ1) is 9.22. The van der Waals surface area contributed by atoms with E-state index in [1.54, 1.807) is 0 Å². The summed E-state index contributed by atoms with van der Waals surface area (Å²) in [6.07, 6.45) is 3.58. The minimum absolute atomic E-state index is 0. The second-order valence-electron chi connectivity index (χ2n) is 5.12. The summed E-state index contributed by atoms with van der Waals surface area (Å²) in [6, 6.07) is 0.397. The van der Waals surface area contributed by atoms with Crippen LogP contribution in [0.25, 0.3) is 0 Å². The molecule has 1 rings (SSSR count). The molecule has 0 amide bonds. The van der Waals surface area contributed by atoms with Gasteiger partial charge in [0, 0.05) is 32.3 Å². The molecule has 0 radical (unpaired) electrons. The number of hydrogen-bond donors (Lipinski definition) is 2. The largest absolute Gasteiger partial charge is 0.379 e. The molecule has 0 bridgehead atoms. The zero-order valence-electron chi connectivity index (χ0n) is 13.0. The van der Waals surface area contributed by atoms with Crippen LogP contribution in [0, 0.1) is 0 Å². The summed E-state index contributed by atoms with van der Waals surface area (Å²) in [6.45, 7) is 10.3. The number of hydrogen-bond acceptors (Lipinski definition) is 3. The molecule has 0 aromatic rings. The number of nitrogens with zero attached hydrogens (tertiary/aromatic N) is 1. The van der Waals surface area contributed by atoms with E-state index in [2.05, 4.69) is 36.4 Å². The molecule has 0 aliphatic carbocycles. The first-order valence-electron chi connectivity index (χ1n) is 7.46. The van der Waals surface area contributed by atoms with Crippen LogP contribution in [0.2, 0.25) is 0 Å². The van der Waals surface area contributed by atoms with Crippen LogP contribution in [0.1, 0.15) is 40.0 Å². The van der Waals surface area contributed by atoms with Crippen molar-refractivity contribution in [2.45, 2.75) is 52.2 Å². The van der Waals surface area contributed by atoms with Crippen LogP contribution in [0.15, 0.2) is 4.99 Å². The van der Waals surface area contributed by atoms with Crippen LogP contribution in [0.5, 0.6) is 0 Å². The third-order valence-corrected chi connectivity index (χ3v) is 2.81. The van der Waals surface area contributed by atoms with E-state index in [0.29, 0.717) is 12.1 Å². The van der Waals surface area contributed by atoms with Gasteiger partial charge in [-0.25, -0.2) is 0 Å². The Balaban J connectivity index is 0.00000361. The molecule has 1 unspecified atom stereocenters. The van der Waals surface area contributed by atoms with Gasteiger partial charge in [-0.1, -0.05) is 0 Å². The van der Waals surface area contributed by atoms with Gasteiger partial charge < -0.3 is 20.1 Å². The summed E-state index contributed by atoms with van der Waals surface area (Å²) in [4.78, 5) is 4.51. The predicted octanol–water partition coefficient (Wildman–Crippen LogP) is 2.15. The molecule has 20 heavy (non-hydrogen) atoms. The van der Waals surface area contributed by atoms with Gasteiger partial charge in [0.15, 0.2) is 5.96 Å². The van der Waals surface area contributed by atoms with E-state index in [0.717, 1.165) is 51.7 Å². The highest BCUT2D eigenvalue weighted by Crippen LogP contribution is 2.11. The molecule has 120 valence electrons. The van der Waals surface area contributed by atoms with Crippen molar-refractivity contribution in [3.8, 4) is 0 Å². The van der Waals surface area contributed by atoms with Crippen LogP contribution in [-0.4, -0.2) is 51.0 Å². The van der Waals surface area contributed by atoms with E-state index in [-0.39, 0.29) is 24.0 Å². The lowest BCUT2D eigenvalue weighted by Crippen LogP contribution is -2.41. The van der Waals surface area contributed by atoms with Crippen molar-refractivity contribution in [2.24, 2.45) is 4.99 Å². The van der Waals surface area contributed by atoms with Gasteiger partial charge in [-0.2, -0.15) is 0 Å². The Labute approximate surface area is 140 Å². The normalized spacial score (nSPS) is 19.0. The van der Waals surface area contributed by atoms with E-state index >= 15 is 0 Å². The van der Waals surface area contributed by atoms with Crippen LogP contribution < -0.4 is 10.6 Å². The quantitative estimate of drug-likeness (QED) is 0.284. The maximum absolute atomic E-state index is 5.61. The molecule has 5 nitrogen and oxygen atoms in total. The lowest BCUT2D eigenvalue weighted by Gasteiger charge is -2.14. The van der Waals surface area contributed by atoms with Gasteiger partial charge in [-0.3, -0.25) is 4.99 Å². The van der Waals surface area contributed by atoms with E-state index in [1.165, 1.54) is 6.42 Å². The Hall–Kier alpha value is -0.0800. The monoisotopic (exact) mass is 399 g/mol. The van der Waals surface area contributed by atoms with E-state index in [1.807, 2.05) is 0 Å². The van der Waals surface area contributed by atoms with Crippen molar-refractivity contribution in [1.82, 2.24) is 10.6 Å². The molecule has 1 saturated heterocycles. The number of halogens is 1. The number of aliphatic imine (C=N–C) groups is 1. The van der Waals surface area contributed by atoms with Crippen LogP contribution >= 0.6 is 24.0 Å². The van der Waals surface area contributed by atoms with Crippen molar-refractivity contribution in [3.05, 3.63) is 0 Å². The molecule has 0 spiro atoms. The Morgan fingerprint density at radius 3 is 2.85 bits per heavy atom. The number of rotatable bonds is 8. The number of nitrogens with one attached hydrogen (secondary N) is 2. The zero-order chi connectivity index (χ0) is 13.9. The fraction of sp³-hybridized carbons (Fsp3) is 0.929. The van der Waals surface area contributed by atoms with Crippen LogP contribution in [0.3, 0.4) is 0 Å². The van der Waals surface area contributed by atoms with E-state index < -0.39 is 0 Å². The minimum atomic E-state index is 0. The maximum Gasteiger partial charge on any atom is 0.191 e. The fourth-order valence-electron chi connectivity index (χ4n) is 1.94. The summed E-state index contributed by atoms with van der Waals surface area (Å²) in [5.41, 5.74) is 0. The molecule has 1 fully saturated rings. The molecule has 1 heterocycles. The van der Waals surface area contributed by atoms with Gasteiger partial charge >= 0.3 is 0 Å². The van der Waals surface area contributed by atoms with Crippen molar-refractivity contribution in [2.75, 3.05) is 32.9 Å². The Morgan fingerprint density at radius 1 is 1.45 bits per heavy atom. The molecular formula is C14H30IN3O2. The van der Waals surface area contributed by atoms with Gasteiger partial charge in [0.2, 0.25) is 0 Å². The number of guanidine groups is 1. The van der Waals surface area contributed by atoms with Gasteiger partial charge in [0.1, 0.15) is 0 Å². The third kappa shape index (κ3) is 9.77. The fourth-order valence-corrected chi connectivity index (χ4v) is 1.94. The maximum atomic E-state index is 5.61. The molecule has 0 aromatic carbocycles. The SMILES string of the molecule is CCNC(=NCCCOCC1CCCO1)NC(C)C.I. The van der Waals surface area contributed by atoms with Crippen LogP contribution in [-0.2, 0) is 9.47 Å². The minimum Gasteiger partial charge on any atom is -0.379 e. The topological polar surface area (TPSA) is 54.9 Å². The predicted molar refractivity (Wildman–Crippen MR) is 94.1 cm³/mol. The van der Waals surface area contributed by atoms with Gasteiger partial charge in [0.05, 0.1) is 12.7 Å². The third-order valence-electron chi connectivity index (χ3n) is 2.81. The van der Waals surface area contributed by atoms with Crippen molar-refractivity contribution < 1.29 is 9.47 Å². The lowest BCUT2D eigenvalue weighted by atomic mass is 10.2. The molecule has 1 aliphatic heterocycles. The Bertz CT molecular complexity index is 257. The summed E-state index contributed by atoms with van der Waals surface area (Å²) in [5, 5.41) is 6.52. The zero-order valence-corrected chi connectivity index (χ0v) is 15.3. The summed E-state index contributed by atoms with van der Waals surface area (Å²) in [5.74, 6) is 0.886. The lowest BCUT2D eigenvalue weighted by molar-refractivity contribution is 0.0171. The molecule has 6 heteroatoms. The summed E-state index contributed by atoms with van der Waals surface area (Å²) < 4.78 is 11.1. The number of ether oxygens (including phenoxy) is 2. The summed E-state index contributed by atoms with van der Waals surface area (Å²) >= 11 is 0. The average Bonchev–Trinajstić information content (AvgIpc) is 2.86. The highest BCUT2D eigenvalue weighted by molar-refractivity contribution is 14.0. The van der Waals surface area contributed by atoms with E-state index in [4.69, 9.17) is 9.47 Å². The first-order valence-corrected chi connectivity index (χ1v) is 7.46. The average molecular weight is 399 g/mol. The van der Waals surface area contributed by atoms with Gasteiger partial charge in [-0.05, 0) is 40.0 Å². The highest BCUT2D eigenvalue weighted by Gasteiger charge is 2.14. The van der Waals surface area contributed by atoms with Crippen molar-refractivity contribution in [1.29, 1.82) is 0 Å². The molecule has 2 N–H and O–H groups in total. The molecule has 0 saturated carbocycles. The first kappa shape index (κ1) is 19.9. The molecule has 1 atom stereocenters. The second-order valence-corrected chi connectivity index (χ2v) is 5.12. The Kier molecular flexibility index (Phi) is 12.6. The Morgan fingerprint density at radius 2 is 2.25 bits per heavy atom. The molecule has 1 aliphatic rings. The smallest absolute Gasteiger partial charge is 0.191 e. The van der Waals surface area contributed by atoms with Gasteiger partial charge in [0.25, 0.3) is 0 Å². The van der Waals surface area contributed by atoms with Crippen molar-refractivity contribution >= 4 is 29.9 Å².